The predicted octanol–water partition coefficient (Wildman–Crippen LogP) is 2.78. The molecule has 0 aliphatic rings. The van der Waals surface area contributed by atoms with Crippen LogP contribution in [0.15, 0.2) is 47.4 Å². The average Bonchev–Trinajstić information content (AvgIpc) is 2.94. The molecule has 0 aliphatic heterocycles. The molecule has 0 unspecified atom stereocenters. The normalized spacial score (nSPS) is 10.7. The van der Waals surface area contributed by atoms with E-state index in [0.29, 0.717) is 23.6 Å². The number of nitrogens with one attached hydrogen (secondary N) is 1. The Morgan fingerprint density at radius 1 is 1.35 bits per heavy atom. The second-order valence-corrected chi connectivity index (χ2v) is 6.75. The highest BCUT2D eigenvalue weighted by molar-refractivity contribution is 7.09. The van der Waals surface area contributed by atoms with Crippen LogP contribution in [0, 0.1) is 5.82 Å². The van der Waals surface area contributed by atoms with E-state index in [1.54, 1.807) is 18.3 Å². The zero-order valence-electron chi connectivity index (χ0n) is 14.1. The average molecular weight is 375 g/mol. The zero-order chi connectivity index (χ0) is 18.5. The summed E-state index contributed by atoms with van der Waals surface area (Å²) in [6.45, 7) is 0.868. The van der Waals surface area contributed by atoms with Crippen LogP contribution in [0.4, 0.5) is 10.2 Å². The number of hydrogen-bond donors (Lipinski definition) is 2. The molecule has 0 bridgehead atoms. The summed E-state index contributed by atoms with van der Waals surface area (Å²) >= 11 is 0.908. The molecule has 3 rings (SSSR count). The number of H-pyrrole nitrogens is 1. The first kappa shape index (κ1) is 17.9. The van der Waals surface area contributed by atoms with E-state index in [-0.39, 0.29) is 22.9 Å². The first-order valence-electron chi connectivity index (χ1n) is 7.97. The lowest BCUT2D eigenvalue weighted by Crippen LogP contribution is -2.24. The number of halogens is 1. The van der Waals surface area contributed by atoms with Crippen molar-refractivity contribution in [3.05, 3.63) is 68.5 Å². The van der Waals surface area contributed by atoms with E-state index in [1.807, 2.05) is 30.1 Å². The van der Waals surface area contributed by atoms with E-state index in [2.05, 4.69) is 9.97 Å². The Labute approximate surface area is 153 Å². The minimum absolute atomic E-state index is 0.162. The van der Waals surface area contributed by atoms with Gasteiger partial charge in [-0.1, -0.05) is 23.5 Å². The highest BCUT2D eigenvalue weighted by Gasteiger charge is 2.11. The van der Waals surface area contributed by atoms with Crippen LogP contribution < -0.4 is 14.5 Å². The Kier molecular flexibility index (Phi) is 5.52. The van der Waals surface area contributed by atoms with Gasteiger partial charge in [-0.3, -0.25) is 9.78 Å². The molecule has 6 nitrogen and oxygen atoms in total. The maximum absolute atomic E-state index is 14.2. The largest absolute Gasteiger partial charge is 0.494 e. The van der Waals surface area contributed by atoms with Crippen LogP contribution in [-0.2, 0) is 6.42 Å². The SMILES string of the molecule is CN(CCOc1ccc(Cc2sc(=O)[nH]c2O)cc1F)c1ccccn1. The number of thiazole rings is 1. The van der Waals surface area contributed by atoms with E-state index in [1.165, 1.54) is 6.07 Å². The fraction of sp³-hybridized carbons (Fsp3) is 0.222. The molecule has 0 atom stereocenters. The second kappa shape index (κ2) is 8.01. The number of rotatable bonds is 7. The maximum atomic E-state index is 14.2. The monoisotopic (exact) mass is 375 g/mol. The van der Waals surface area contributed by atoms with Crippen LogP contribution in [0.2, 0.25) is 0 Å². The standard InChI is InChI=1S/C18H18FN3O3S/c1-22(16-4-2-3-7-20-16)8-9-25-14-6-5-12(10-13(14)19)11-15-17(23)21-18(24)26-15/h2-7,10,23H,8-9,11H2,1H3,(H,21,24). The summed E-state index contributed by atoms with van der Waals surface area (Å²) in [5, 5.41) is 9.61. The first-order chi connectivity index (χ1) is 12.5. The van der Waals surface area contributed by atoms with Gasteiger partial charge in [-0.05, 0) is 29.8 Å². The summed E-state index contributed by atoms with van der Waals surface area (Å²) in [6.07, 6.45) is 1.99. The lowest BCUT2D eigenvalue weighted by Gasteiger charge is -2.18. The van der Waals surface area contributed by atoms with Gasteiger partial charge in [-0.25, -0.2) is 9.37 Å². The van der Waals surface area contributed by atoms with Crippen LogP contribution in [0.3, 0.4) is 0 Å². The molecule has 2 heterocycles. The molecular formula is C18H18FN3O3S. The van der Waals surface area contributed by atoms with Gasteiger partial charge in [0.15, 0.2) is 11.6 Å². The molecule has 8 heteroatoms. The molecule has 2 aromatic heterocycles. The number of aromatic hydroxyl groups is 1. The van der Waals surface area contributed by atoms with E-state index < -0.39 is 5.82 Å². The van der Waals surface area contributed by atoms with Crippen LogP contribution in [0.1, 0.15) is 10.4 Å². The van der Waals surface area contributed by atoms with Crippen molar-refractivity contribution in [2.45, 2.75) is 6.42 Å². The molecule has 0 aliphatic carbocycles. The fourth-order valence-corrected chi connectivity index (χ4v) is 3.17. The Morgan fingerprint density at radius 2 is 2.19 bits per heavy atom. The summed E-state index contributed by atoms with van der Waals surface area (Å²) in [4.78, 5) is 19.8. The third kappa shape index (κ3) is 4.40. The van der Waals surface area contributed by atoms with Crippen molar-refractivity contribution in [1.29, 1.82) is 0 Å². The molecule has 0 fully saturated rings. The molecule has 1 aromatic carbocycles. The molecule has 136 valence electrons. The van der Waals surface area contributed by atoms with Crippen molar-refractivity contribution in [1.82, 2.24) is 9.97 Å². The number of likely N-dealkylation sites (N-methyl/N-ethyl adjacent to an activating group) is 1. The predicted molar refractivity (Wildman–Crippen MR) is 98.8 cm³/mol. The van der Waals surface area contributed by atoms with Crippen molar-refractivity contribution in [2.75, 3.05) is 25.1 Å². The van der Waals surface area contributed by atoms with E-state index in [0.717, 1.165) is 17.2 Å². The molecule has 0 spiro atoms. The molecule has 0 radical (unpaired) electrons. The number of aromatic amines is 1. The highest BCUT2D eigenvalue weighted by atomic mass is 32.1. The summed E-state index contributed by atoms with van der Waals surface area (Å²) < 4.78 is 19.7. The van der Waals surface area contributed by atoms with Crippen molar-refractivity contribution < 1.29 is 14.2 Å². The van der Waals surface area contributed by atoms with Gasteiger partial charge in [0.1, 0.15) is 12.4 Å². The molecule has 0 saturated carbocycles. The van der Waals surface area contributed by atoms with E-state index >= 15 is 0 Å². The number of anilines is 1. The number of ether oxygens (including phenoxy) is 1. The van der Waals surface area contributed by atoms with Gasteiger partial charge in [0.25, 0.3) is 0 Å². The molecule has 3 aromatic rings. The third-order valence-corrected chi connectivity index (χ3v) is 4.66. The quantitative estimate of drug-likeness (QED) is 0.664. The fourth-order valence-electron chi connectivity index (χ4n) is 2.42. The maximum Gasteiger partial charge on any atom is 0.307 e. The van der Waals surface area contributed by atoms with Crippen LogP contribution in [-0.4, -0.2) is 35.3 Å². The van der Waals surface area contributed by atoms with Gasteiger partial charge in [-0.15, -0.1) is 0 Å². The Hall–Kier alpha value is -2.87. The minimum atomic E-state index is -0.481. The Balaban J connectivity index is 1.57. The van der Waals surface area contributed by atoms with Gasteiger partial charge >= 0.3 is 4.87 Å². The van der Waals surface area contributed by atoms with Gasteiger partial charge in [0, 0.05) is 19.7 Å². The minimum Gasteiger partial charge on any atom is -0.494 e. The van der Waals surface area contributed by atoms with Crippen molar-refractivity contribution in [2.24, 2.45) is 0 Å². The van der Waals surface area contributed by atoms with Crippen molar-refractivity contribution in [3.8, 4) is 11.6 Å². The molecular weight excluding hydrogens is 357 g/mol. The number of hydrogen-bond acceptors (Lipinski definition) is 6. The van der Waals surface area contributed by atoms with Crippen LogP contribution in [0.5, 0.6) is 11.6 Å². The van der Waals surface area contributed by atoms with Crippen molar-refractivity contribution >= 4 is 17.2 Å². The first-order valence-corrected chi connectivity index (χ1v) is 8.79. The molecule has 0 amide bonds. The van der Waals surface area contributed by atoms with E-state index in [9.17, 15) is 14.3 Å². The van der Waals surface area contributed by atoms with Crippen LogP contribution in [0.25, 0.3) is 0 Å². The van der Waals surface area contributed by atoms with Crippen LogP contribution >= 0.6 is 11.3 Å². The smallest absolute Gasteiger partial charge is 0.307 e. The Morgan fingerprint density at radius 3 is 2.85 bits per heavy atom. The summed E-state index contributed by atoms with van der Waals surface area (Å²) in [5.74, 6) is 0.329. The lowest BCUT2D eigenvalue weighted by atomic mass is 10.1. The van der Waals surface area contributed by atoms with Gasteiger partial charge < -0.3 is 14.7 Å². The Bertz CT molecular complexity index is 927. The number of aromatic nitrogens is 2. The van der Waals surface area contributed by atoms with Gasteiger partial charge in [-0.2, -0.15) is 0 Å². The molecule has 2 N–H and O–H groups in total. The molecule has 26 heavy (non-hydrogen) atoms. The summed E-state index contributed by atoms with van der Waals surface area (Å²) in [5.41, 5.74) is 0.644. The van der Waals surface area contributed by atoms with Gasteiger partial charge in [0.2, 0.25) is 5.88 Å². The second-order valence-electron chi connectivity index (χ2n) is 5.69. The van der Waals surface area contributed by atoms with Crippen molar-refractivity contribution in [3.63, 3.8) is 0 Å². The van der Waals surface area contributed by atoms with E-state index in [4.69, 9.17) is 4.74 Å². The molecule has 0 saturated heterocycles. The number of benzene rings is 1. The number of pyridine rings is 1. The number of nitrogens with zero attached hydrogens (tertiary/aromatic N) is 2. The summed E-state index contributed by atoms with van der Waals surface area (Å²) in [6, 6.07) is 10.2. The van der Waals surface area contributed by atoms with Gasteiger partial charge in [0.05, 0.1) is 11.4 Å². The highest BCUT2D eigenvalue weighted by Crippen LogP contribution is 2.24. The zero-order valence-corrected chi connectivity index (χ0v) is 14.9. The lowest BCUT2D eigenvalue weighted by molar-refractivity contribution is 0.308. The summed E-state index contributed by atoms with van der Waals surface area (Å²) in [7, 11) is 1.89. The topological polar surface area (TPSA) is 78.5 Å². The third-order valence-electron chi connectivity index (χ3n) is 3.79.